The first kappa shape index (κ1) is 8.22. The van der Waals surface area contributed by atoms with Crippen molar-refractivity contribution in [3.8, 4) is 0 Å². The van der Waals surface area contributed by atoms with Crippen LogP contribution >= 0.6 is 15.9 Å². The Bertz CT molecular complexity index is 303. The van der Waals surface area contributed by atoms with Crippen LogP contribution in [0.15, 0.2) is 22.7 Å². The van der Waals surface area contributed by atoms with E-state index in [4.69, 9.17) is 6.57 Å². The maximum absolute atomic E-state index is 12.6. The largest absolute Gasteiger partial charge is 0.312 e. The third-order valence-corrected chi connectivity index (χ3v) is 1.85. The van der Waals surface area contributed by atoms with E-state index in [1.807, 2.05) is 0 Å². The Balaban J connectivity index is 2.98. The van der Waals surface area contributed by atoms with Gasteiger partial charge in [0.05, 0.1) is 4.47 Å². The lowest BCUT2D eigenvalue weighted by atomic mass is 10.2. The second kappa shape index (κ2) is 3.49. The number of nitrogens with zero attached hydrogens (tertiary/aromatic N) is 1. The van der Waals surface area contributed by atoms with Crippen LogP contribution < -0.4 is 0 Å². The second-order valence-electron chi connectivity index (χ2n) is 2.06. The van der Waals surface area contributed by atoms with E-state index in [1.54, 1.807) is 12.1 Å². The highest BCUT2D eigenvalue weighted by molar-refractivity contribution is 9.10. The van der Waals surface area contributed by atoms with Crippen molar-refractivity contribution in [3.63, 3.8) is 0 Å². The summed E-state index contributed by atoms with van der Waals surface area (Å²) in [5.74, 6) is -0.293. The maximum Gasteiger partial charge on any atom is 0.239 e. The third kappa shape index (κ3) is 2.02. The van der Waals surface area contributed by atoms with Gasteiger partial charge >= 0.3 is 0 Å². The van der Waals surface area contributed by atoms with Crippen LogP contribution in [0.3, 0.4) is 0 Å². The van der Waals surface area contributed by atoms with Crippen molar-refractivity contribution in [3.05, 3.63) is 45.5 Å². The lowest BCUT2D eigenvalue weighted by molar-refractivity contribution is 0.620. The summed E-state index contributed by atoms with van der Waals surface area (Å²) in [6, 6.07) is 4.58. The highest BCUT2D eigenvalue weighted by atomic mass is 79.9. The van der Waals surface area contributed by atoms with Crippen LogP contribution in [0, 0.1) is 12.4 Å². The Morgan fingerprint density at radius 3 is 2.82 bits per heavy atom. The Kier molecular flexibility index (Phi) is 2.61. The van der Waals surface area contributed by atoms with E-state index in [1.165, 1.54) is 6.07 Å². The molecule has 1 aromatic rings. The van der Waals surface area contributed by atoms with Crippen LogP contribution in [0.5, 0.6) is 0 Å². The molecule has 0 N–H and O–H groups in total. The summed E-state index contributed by atoms with van der Waals surface area (Å²) in [5, 5.41) is 0. The topological polar surface area (TPSA) is 4.36 Å². The number of rotatable bonds is 1. The first-order chi connectivity index (χ1) is 5.24. The summed E-state index contributed by atoms with van der Waals surface area (Å²) < 4.78 is 13.0. The van der Waals surface area contributed by atoms with Crippen LogP contribution in [-0.2, 0) is 6.54 Å². The van der Waals surface area contributed by atoms with Gasteiger partial charge in [-0.1, -0.05) is 0 Å². The van der Waals surface area contributed by atoms with Gasteiger partial charge in [0, 0.05) is 5.56 Å². The molecule has 0 atom stereocenters. The molecule has 0 saturated heterocycles. The summed E-state index contributed by atoms with van der Waals surface area (Å²) in [7, 11) is 0. The maximum atomic E-state index is 12.6. The van der Waals surface area contributed by atoms with Crippen molar-refractivity contribution in [1.29, 1.82) is 0 Å². The molecule has 0 fully saturated rings. The van der Waals surface area contributed by atoms with Gasteiger partial charge in [0.25, 0.3) is 0 Å². The number of hydrogen-bond acceptors (Lipinski definition) is 0. The molecule has 0 saturated carbocycles. The average molecular weight is 214 g/mol. The van der Waals surface area contributed by atoms with E-state index in [-0.39, 0.29) is 5.82 Å². The summed E-state index contributed by atoms with van der Waals surface area (Å²) in [6.45, 7) is 6.88. The van der Waals surface area contributed by atoms with Crippen molar-refractivity contribution >= 4 is 15.9 Å². The van der Waals surface area contributed by atoms with Gasteiger partial charge in [-0.2, -0.15) is 0 Å². The Labute approximate surface area is 72.8 Å². The van der Waals surface area contributed by atoms with Gasteiger partial charge in [-0.3, -0.25) is 0 Å². The zero-order valence-corrected chi connectivity index (χ0v) is 7.23. The van der Waals surface area contributed by atoms with Crippen LogP contribution in [0.25, 0.3) is 4.85 Å². The van der Waals surface area contributed by atoms with Gasteiger partial charge < -0.3 is 4.85 Å². The Morgan fingerprint density at radius 2 is 2.27 bits per heavy atom. The highest BCUT2D eigenvalue weighted by Crippen LogP contribution is 2.17. The molecule has 1 nitrogen and oxygen atoms in total. The van der Waals surface area contributed by atoms with Crippen molar-refractivity contribution in [2.75, 3.05) is 0 Å². The normalized spacial score (nSPS) is 9.18. The van der Waals surface area contributed by atoms with Gasteiger partial charge in [0.2, 0.25) is 6.54 Å². The first-order valence-electron chi connectivity index (χ1n) is 3.01. The molecule has 0 aliphatic heterocycles. The second-order valence-corrected chi connectivity index (χ2v) is 2.92. The van der Waals surface area contributed by atoms with Crippen molar-refractivity contribution in [2.45, 2.75) is 6.54 Å². The minimum atomic E-state index is -0.293. The fourth-order valence-corrected chi connectivity index (χ4v) is 1.16. The summed E-state index contributed by atoms with van der Waals surface area (Å²) in [4.78, 5) is 3.18. The van der Waals surface area contributed by atoms with Gasteiger partial charge in [-0.25, -0.2) is 11.0 Å². The van der Waals surface area contributed by atoms with Gasteiger partial charge in [-0.15, -0.1) is 0 Å². The van der Waals surface area contributed by atoms with Crippen molar-refractivity contribution in [2.24, 2.45) is 0 Å². The molecular weight excluding hydrogens is 209 g/mol. The molecule has 0 spiro atoms. The van der Waals surface area contributed by atoms with Crippen LogP contribution in [0.1, 0.15) is 5.56 Å². The van der Waals surface area contributed by atoms with Crippen LogP contribution in [0.4, 0.5) is 4.39 Å². The lowest BCUT2D eigenvalue weighted by Crippen LogP contribution is -1.82. The van der Waals surface area contributed by atoms with Gasteiger partial charge in [-0.05, 0) is 34.1 Å². The molecular formula is C8H5BrFN. The van der Waals surface area contributed by atoms with E-state index in [2.05, 4.69) is 20.8 Å². The summed E-state index contributed by atoms with van der Waals surface area (Å²) in [6.07, 6.45) is 0. The molecule has 0 unspecified atom stereocenters. The predicted molar refractivity (Wildman–Crippen MR) is 44.4 cm³/mol. The fourth-order valence-electron chi connectivity index (χ4n) is 0.729. The van der Waals surface area contributed by atoms with Crippen LogP contribution in [0.2, 0.25) is 0 Å². The van der Waals surface area contributed by atoms with Crippen LogP contribution in [-0.4, -0.2) is 0 Å². The van der Waals surface area contributed by atoms with Gasteiger partial charge in [0.15, 0.2) is 0 Å². The minimum absolute atomic E-state index is 0.293. The summed E-state index contributed by atoms with van der Waals surface area (Å²) in [5.41, 5.74) is 0.827. The number of hydrogen-bond donors (Lipinski definition) is 0. The van der Waals surface area contributed by atoms with Gasteiger partial charge in [0.1, 0.15) is 5.82 Å². The molecule has 0 bridgehead atoms. The molecule has 3 heteroatoms. The predicted octanol–water partition coefficient (Wildman–Crippen LogP) is 3.01. The number of halogens is 2. The molecule has 0 radical (unpaired) electrons. The zero-order valence-electron chi connectivity index (χ0n) is 5.64. The van der Waals surface area contributed by atoms with E-state index in [9.17, 15) is 4.39 Å². The van der Waals surface area contributed by atoms with E-state index in [0.717, 1.165) is 5.56 Å². The fraction of sp³-hybridized carbons (Fsp3) is 0.125. The Morgan fingerprint density at radius 1 is 1.55 bits per heavy atom. The molecule has 11 heavy (non-hydrogen) atoms. The summed E-state index contributed by atoms with van der Waals surface area (Å²) >= 11 is 3.04. The lowest BCUT2D eigenvalue weighted by Gasteiger charge is -1.94. The zero-order chi connectivity index (χ0) is 8.27. The number of benzene rings is 1. The van der Waals surface area contributed by atoms with Crippen molar-refractivity contribution in [1.82, 2.24) is 0 Å². The molecule has 0 aliphatic rings. The quantitative estimate of drug-likeness (QED) is 0.633. The average Bonchev–Trinajstić information content (AvgIpc) is 1.98. The standard InChI is InChI=1S/C8H5BrFN/c1-11-5-6-2-3-8(10)7(9)4-6/h2-4H,5H2. The molecule has 0 aromatic heterocycles. The molecule has 0 aliphatic carbocycles. The first-order valence-corrected chi connectivity index (χ1v) is 3.80. The van der Waals surface area contributed by atoms with Crippen molar-refractivity contribution < 1.29 is 4.39 Å². The SMILES string of the molecule is [C-]#[N+]Cc1ccc(F)c(Br)c1. The molecule has 56 valence electrons. The van der Waals surface area contributed by atoms with E-state index >= 15 is 0 Å². The molecule has 1 aromatic carbocycles. The monoisotopic (exact) mass is 213 g/mol. The minimum Gasteiger partial charge on any atom is -0.312 e. The highest BCUT2D eigenvalue weighted by Gasteiger charge is 2.00. The molecule has 0 heterocycles. The Hall–Kier alpha value is -0.880. The van der Waals surface area contributed by atoms with E-state index < -0.39 is 0 Å². The molecule has 1 rings (SSSR count). The molecule has 0 amide bonds. The van der Waals surface area contributed by atoms with E-state index in [0.29, 0.717) is 11.0 Å². The third-order valence-electron chi connectivity index (χ3n) is 1.25. The smallest absolute Gasteiger partial charge is 0.239 e.